The zero-order valence-corrected chi connectivity index (χ0v) is 13.0. The van der Waals surface area contributed by atoms with E-state index in [-0.39, 0.29) is 5.91 Å². The van der Waals surface area contributed by atoms with Crippen molar-refractivity contribution in [1.29, 1.82) is 0 Å². The molecule has 110 valence electrons. The molecule has 1 heterocycles. The van der Waals surface area contributed by atoms with Gasteiger partial charge in [0.15, 0.2) is 0 Å². The summed E-state index contributed by atoms with van der Waals surface area (Å²) < 4.78 is 5.12. The fraction of sp³-hybridized carbons (Fsp3) is 0.375. The topological polar surface area (TPSA) is 51.2 Å². The smallest absolute Gasteiger partial charge is 0.263 e. The Bertz CT molecular complexity index is 645. The molecule has 1 aliphatic carbocycles. The molecule has 1 saturated carbocycles. The lowest BCUT2D eigenvalue weighted by Gasteiger charge is -2.05. The van der Waals surface area contributed by atoms with Crippen molar-refractivity contribution in [3.05, 3.63) is 45.4 Å². The molecule has 0 atom stereocenters. The Labute approximate surface area is 128 Å². The van der Waals surface area contributed by atoms with Gasteiger partial charge in [-0.1, -0.05) is 12.1 Å². The van der Waals surface area contributed by atoms with Crippen LogP contribution >= 0.6 is 11.3 Å². The highest BCUT2D eigenvalue weighted by molar-refractivity contribution is 7.13. The molecule has 3 rings (SSSR count). The first-order valence-electron chi connectivity index (χ1n) is 7.06. The second-order valence-corrected chi connectivity index (χ2v) is 6.30. The van der Waals surface area contributed by atoms with Crippen LogP contribution in [-0.2, 0) is 6.54 Å². The van der Waals surface area contributed by atoms with Gasteiger partial charge in [0.05, 0.1) is 17.8 Å². The molecule has 0 spiro atoms. The average molecular weight is 302 g/mol. The minimum atomic E-state index is -0.0345. The van der Waals surface area contributed by atoms with E-state index in [4.69, 9.17) is 4.74 Å². The number of amides is 1. The maximum atomic E-state index is 12.3. The van der Waals surface area contributed by atoms with Crippen molar-refractivity contribution in [2.75, 3.05) is 7.11 Å². The van der Waals surface area contributed by atoms with E-state index in [9.17, 15) is 4.79 Å². The van der Waals surface area contributed by atoms with Gasteiger partial charge in [-0.2, -0.15) is 0 Å². The number of carbonyl (C=O) groups is 1. The van der Waals surface area contributed by atoms with Gasteiger partial charge in [0.25, 0.3) is 5.91 Å². The third-order valence-electron chi connectivity index (χ3n) is 3.56. The molecular weight excluding hydrogens is 284 g/mol. The molecule has 0 bridgehead atoms. The van der Waals surface area contributed by atoms with Crippen LogP contribution in [0.25, 0.3) is 0 Å². The number of nitrogens with zero attached hydrogens (tertiary/aromatic N) is 1. The summed E-state index contributed by atoms with van der Waals surface area (Å²) in [6.45, 7) is 2.42. The fourth-order valence-electron chi connectivity index (χ4n) is 2.14. The van der Waals surface area contributed by atoms with Gasteiger partial charge in [0.2, 0.25) is 0 Å². The maximum absolute atomic E-state index is 12.3. The number of hydrogen-bond donors (Lipinski definition) is 1. The van der Waals surface area contributed by atoms with Crippen molar-refractivity contribution < 1.29 is 9.53 Å². The lowest BCUT2D eigenvalue weighted by Crippen LogP contribution is -2.22. The molecule has 2 aromatic rings. The molecule has 21 heavy (non-hydrogen) atoms. The lowest BCUT2D eigenvalue weighted by molar-refractivity contribution is 0.0954. The van der Waals surface area contributed by atoms with Crippen molar-refractivity contribution in [2.24, 2.45) is 0 Å². The van der Waals surface area contributed by atoms with Crippen LogP contribution in [0.3, 0.4) is 0 Å². The number of methoxy groups -OCH3 is 1. The summed E-state index contributed by atoms with van der Waals surface area (Å²) in [4.78, 5) is 17.5. The third kappa shape index (κ3) is 3.24. The lowest BCUT2D eigenvalue weighted by atomic mass is 10.2. The zero-order chi connectivity index (χ0) is 14.8. The van der Waals surface area contributed by atoms with Crippen molar-refractivity contribution in [3.63, 3.8) is 0 Å². The Morgan fingerprint density at radius 1 is 1.38 bits per heavy atom. The monoisotopic (exact) mass is 302 g/mol. The molecule has 1 fully saturated rings. The first kappa shape index (κ1) is 14.1. The number of ether oxygens (including phenoxy) is 1. The molecule has 1 amide bonds. The van der Waals surface area contributed by atoms with Crippen molar-refractivity contribution in [2.45, 2.75) is 32.2 Å². The Kier molecular flexibility index (Phi) is 3.92. The first-order valence-corrected chi connectivity index (χ1v) is 7.87. The predicted molar refractivity (Wildman–Crippen MR) is 83.0 cm³/mol. The maximum Gasteiger partial charge on any atom is 0.263 e. The second kappa shape index (κ2) is 5.85. The van der Waals surface area contributed by atoms with Gasteiger partial charge >= 0.3 is 0 Å². The number of carbonyl (C=O) groups excluding carboxylic acids is 1. The Balaban J connectivity index is 1.62. The van der Waals surface area contributed by atoms with Crippen LogP contribution in [0.4, 0.5) is 0 Å². The van der Waals surface area contributed by atoms with E-state index in [2.05, 4.69) is 10.3 Å². The highest BCUT2D eigenvalue weighted by Gasteiger charge is 2.28. The molecule has 5 heteroatoms. The number of benzene rings is 1. The Hall–Kier alpha value is -1.88. The number of aryl methyl sites for hydroxylation is 1. The molecule has 0 unspecified atom stereocenters. The van der Waals surface area contributed by atoms with Crippen molar-refractivity contribution >= 4 is 17.2 Å². The quantitative estimate of drug-likeness (QED) is 0.922. The normalized spacial score (nSPS) is 14.0. The molecule has 1 aromatic carbocycles. The van der Waals surface area contributed by atoms with Crippen LogP contribution in [0.2, 0.25) is 0 Å². The minimum Gasteiger partial charge on any atom is -0.497 e. The van der Waals surface area contributed by atoms with Gasteiger partial charge in [-0.15, -0.1) is 11.3 Å². The number of aromatic nitrogens is 1. The van der Waals surface area contributed by atoms with Crippen LogP contribution in [-0.4, -0.2) is 18.0 Å². The largest absolute Gasteiger partial charge is 0.497 e. The molecule has 0 saturated heterocycles. The van der Waals surface area contributed by atoms with Gasteiger partial charge < -0.3 is 10.1 Å². The number of hydrogen-bond acceptors (Lipinski definition) is 4. The summed E-state index contributed by atoms with van der Waals surface area (Å²) in [7, 11) is 1.64. The summed E-state index contributed by atoms with van der Waals surface area (Å²) >= 11 is 1.54. The number of nitrogens with one attached hydrogen (secondary N) is 1. The summed E-state index contributed by atoms with van der Waals surface area (Å²) in [5.41, 5.74) is 1.89. The number of rotatable bonds is 5. The standard InChI is InChI=1S/C16H18N2O2S/c1-10-14(21-16(18-10)12-5-6-12)15(19)17-9-11-3-7-13(20-2)8-4-11/h3-4,7-8,12H,5-6,9H2,1-2H3,(H,17,19). The van der Waals surface area contributed by atoms with E-state index in [1.54, 1.807) is 7.11 Å². The van der Waals surface area contributed by atoms with E-state index >= 15 is 0 Å². The van der Waals surface area contributed by atoms with Gasteiger partial charge in [-0.25, -0.2) is 4.98 Å². The first-order chi connectivity index (χ1) is 10.2. The van der Waals surface area contributed by atoms with Crippen molar-refractivity contribution in [3.8, 4) is 5.75 Å². The molecule has 0 radical (unpaired) electrons. The summed E-state index contributed by atoms with van der Waals surface area (Å²) in [5, 5.41) is 4.07. The average Bonchev–Trinajstić information content (AvgIpc) is 3.28. The van der Waals surface area contributed by atoms with E-state index in [0.717, 1.165) is 26.9 Å². The van der Waals surface area contributed by atoms with E-state index in [1.165, 1.54) is 24.2 Å². The van der Waals surface area contributed by atoms with Crippen LogP contribution in [0.15, 0.2) is 24.3 Å². The highest BCUT2D eigenvalue weighted by Crippen LogP contribution is 2.42. The zero-order valence-electron chi connectivity index (χ0n) is 12.2. The van der Waals surface area contributed by atoms with Crippen molar-refractivity contribution in [1.82, 2.24) is 10.3 Å². The van der Waals surface area contributed by atoms with Gasteiger partial charge in [-0.3, -0.25) is 4.79 Å². The van der Waals surface area contributed by atoms with Gasteiger partial charge in [0.1, 0.15) is 10.6 Å². The van der Waals surface area contributed by atoms with E-state index < -0.39 is 0 Å². The molecule has 1 N–H and O–H groups in total. The molecule has 1 aromatic heterocycles. The molecule has 4 nitrogen and oxygen atoms in total. The predicted octanol–water partition coefficient (Wildman–Crippen LogP) is 3.27. The second-order valence-electron chi connectivity index (χ2n) is 5.27. The van der Waals surface area contributed by atoms with Crippen LogP contribution in [0, 0.1) is 6.92 Å². The third-order valence-corrected chi connectivity index (χ3v) is 4.88. The van der Waals surface area contributed by atoms with E-state index in [1.807, 2.05) is 31.2 Å². The molecular formula is C16H18N2O2S. The summed E-state index contributed by atoms with van der Waals surface area (Å²) in [6.07, 6.45) is 2.42. The van der Waals surface area contributed by atoms with Gasteiger partial charge in [-0.05, 0) is 37.5 Å². The number of thiazole rings is 1. The summed E-state index contributed by atoms with van der Waals surface area (Å²) in [6, 6.07) is 7.69. The molecule has 0 aliphatic heterocycles. The Morgan fingerprint density at radius 3 is 2.71 bits per heavy atom. The van der Waals surface area contributed by atoms with Crippen LogP contribution < -0.4 is 10.1 Å². The SMILES string of the molecule is COc1ccc(CNC(=O)c2sc(C3CC3)nc2C)cc1. The van der Waals surface area contributed by atoms with Crippen LogP contribution in [0.1, 0.15) is 44.7 Å². The van der Waals surface area contributed by atoms with Gasteiger partial charge in [0, 0.05) is 12.5 Å². The molecule has 1 aliphatic rings. The summed E-state index contributed by atoms with van der Waals surface area (Å²) in [5.74, 6) is 1.38. The van der Waals surface area contributed by atoms with E-state index in [0.29, 0.717) is 12.5 Å². The Morgan fingerprint density at radius 2 is 2.10 bits per heavy atom. The highest BCUT2D eigenvalue weighted by atomic mass is 32.1. The minimum absolute atomic E-state index is 0.0345. The fourth-order valence-corrected chi connectivity index (χ4v) is 3.29. The van der Waals surface area contributed by atoms with Crippen LogP contribution in [0.5, 0.6) is 5.75 Å².